The van der Waals surface area contributed by atoms with Gasteiger partial charge in [0.1, 0.15) is 23.0 Å². The summed E-state index contributed by atoms with van der Waals surface area (Å²) in [7, 11) is 0. The van der Waals surface area contributed by atoms with Crippen LogP contribution in [0.3, 0.4) is 0 Å². The third-order valence-corrected chi connectivity index (χ3v) is 4.54. The fraction of sp³-hybridized carbons (Fsp3) is 0. The summed E-state index contributed by atoms with van der Waals surface area (Å²) in [4.78, 5) is 0. The van der Waals surface area contributed by atoms with E-state index < -0.39 is 0 Å². The van der Waals surface area contributed by atoms with Crippen molar-refractivity contribution in [1.29, 1.82) is 0 Å². The SMILES string of the molecule is Oc1ccc(-c2cc(O)c(O)cc2O)cc1.Oc1ccc(-c2cc(O)c(O)cc2O)cc1. The van der Waals surface area contributed by atoms with Gasteiger partial charge in [-0.05, 0) is 47.5 Å². The first kappa shape index (κ1) is 22.0. The first-order valence-corrected chi connectivity index (χ1v) is 9.24. The third-order valence-electron chi connectivity index (χ3n) is 4.54. The second kappa shape index (κ2) is 8.97. The van der Waals surface area contributed by atoms with E-state index in [-0.39, 0.29) is 46.0 Å². The van der Waals surface area contributed by atoms with E-state index in [1.165, 1.54) is 36.4 Å². The van der Waals surface area contributed by atoms with Gasteiger partial charge in [-0.15, -0.1) is 0 Å². The van der Waals surface area contributed by atoms with Crippen LogP contribution in [0.2, 0.25) is 0 Å². The monoisotopic (exact) mass is 436 g/mol. The van der Waals surface area contributed by atoms with Gasteiger partial charge in [0.2, 0.25) is 0 Å². The van der Waals surface area contributed by atoms with Gasteiger partial charge in [-0.2, -0.15) is 0 Å². The molecule has 0 saturated heterocycles. The van der Waals surface area contributed by atoms with Gasteiger partial charge in [0.15, 0.2) is 23.0 Å². The number of benzene rings is 4. The Hall–Kier alpha value is -4.72. The molecule has 0 aliphatic rings. The predicted molar refractivity (Wildman–Crippen MR) is 117 cm³/mol. The lowest BCUT2D eigenvalue weighted by Crippen LogP contribution is -1.80. The molecule has 4 rings (SSSR count). The van der Waals surface area contributed by atoms with Gasteiger partial charge in [0, 0.05) is 23.3 Å². The molecule has 0 radical (unpaired) electrons. The Kier molecular flexibility index (Phi) is 6.16. The zero-order valence-corrected chi connectivity index (χ0v) is 16.5. The first-order chi connectivity index (χ1) is 15.2. The van der Waals surface area contributed by atoms with Crippen LogP contribution in [0.15, 0.2) is 72.8 Å². The van der Waals surface area contributed by atoms with E-state index in [2.05, 4.69) is 0 Å². The summed E-state index contributed by atoms with van der Waals surface area (Å²) >= 11 is 0. The van der Waals surface area contributed by atoms with E-state index in [0.29, 0.717) is 22.3 Å². The van der Waals surface area contributed by atoms with Crippen molar-refractivity contribution in [2.45, 2.75) is 0 Å². The molecule has 8 nitrogen and oxygen atoms in total. The molecule has 8 heteroatoms. The lowest BCUT2D eigenvalue weighted by atomic mass is 10.0. The van der Waals surface area contributed by atoms with Crippen molar-refractivity contribution >= 4 is 0 Å². The maximum absolute atomic E-state index is 9.60. The minimum Gasteiger partial charge on any atom is -0.508 e. The van der Waals surface area contributed by atoms with E-state index in [9.17, 15) is 20.4 Å². The normalized spacial score (nSPS) is 10.2. The zero-order chi connectivity index (χ0) is 23.4. The highest BCUT2D eigenvalue weighted by Crippen LogP contribution is 2.39. The van der Waals surface area contributed by atoms with Crippen molar-refractivity contribution in [1.82, 2.24) is 0 Å². The molecule has 8 N–H and O–H groups in total. The fourth-order valence-electron chi connectivity index (χ4n) is 2.88. The summed E-state index contributed by atoms with van der Waals surface area (Å²) in [6.07, 6.45) is 0. The average molecular weight is 436 g/mol. The van der Waals surface area contributed by atoms with Crippen molar-refractivity contribution in [2.24, 2.45) is 0 Å². The highest BCUT2D eigenvalue weighted by Gasteiger charge is 2.10. The van der Waals surface area contributed by atoms with Crippen molar-refractivity contribution in [2.75, 3.05) is 0 Å². The summed E-state index contributed by atoms with van der Waals surface area (Å²) in [5, 5.41) is 74.4. The maximum Gasteiger partial charge on any atom is 0.161 e. The molecule has 0 saturated carbocycles. The molecule has 0 amide bonds. The van der Waals surface area contributed by atoms with Crippen molar-refractivity contribution in [3.8, 4) is 68.2 Å². The largest absolute Gasteiger partial charge is 0.508 e. The first-order valence-electron chi connectivity index (χ1n) is 9.24. The second-order valence-corrected chi connectivity index (χ2v) is 6.81. The number of hydrogen-bond donors (Lipinski definition) is 8. The fourth-order valence-corrected chi connectivity index (χ4v) is 2.88. The van der Waals surface area contributed by atoms with Gasteiger partial charge in [-0.25, -0.2) is 0 Å². The number of rotatable bonds is 2. The van der Waals surface area contributed by atoms with Crippen LogP contribution in [-0.4, -0.2) is 40.9 Å². The molecule has 0 heterocycles. The van der Waals surface area contributed by atoms with Crippen molar-refractivity contribution < 1.29 is 40.9 Å². The van der Waals surface area contributed by atoms with Crippen LogP contribution in [0.5, 0.6) is 46.0 Å². The Morgan fingerprint density at radius 3 is 0.906 bits per heavy atom. The maximum atomic E-state index is 9.60. The van der Waals surface area contributed by atoms with Crippen molar-refractivity contribution in [3.05, 3.63) is 72.8 Å². The lowest BCUT2D eigenvalue weighted by molar-refractivity contribution is 0.397. The third kappa shape index (κ3) is 4.88. The van der Waals surface area contributed by atoms with Crippen LogP contribution in [0, 0.1) is 0 Å². The van der Waals surface area contributed by atoms with Crippen LogP contribution < -0.4 is 0 Å². The smallest absolute Gasteiger partial charge is 0.161 e. The molecule has 0 unspecified atom stereocenters. The molecule has 0 spiro atoms. The summed E-state index contributed by atoms with van der Waals surface area (Å²) in [5.41, 5.74) is 2.03. The van der Waals surface area contributed by atoms with Gasteiger partial charge in [0.25, 0.3) is 0 Å². The van der Waals surface area contributed by atoms with Gasteiger partial charge in [0.05, 0.1) is 0 Å². The summed E-state index contributed by atoms with van der Waals surface area (Å²) < 4.78 is 0. The van der Waals surface area contributed by atoms with E-state index in [0.717, 1.165) is 12.1 Å². The molecule has 4 aromatic carbocycles. The zero-order valence-electron chi connectivity index (χ0n) is 16.5. The van der Waals surface area contributed by atoms with Gasteiger partial charge in [-0.1, -0.05) is 24.3 Å². The van der Waals surface area contributed by atoms with Gasteiger partial charge in [-0.3, -0.25) is 0 Å². The lowest BCUT2D eigenvalue weighted by Gasteiger charge is -2.07. The molecule has 0 aromatic heterocycles. The molecular formula is C24H20O8. The molecule has 0 aliphatic heterocycles. The number of hydrogen-bond acceptors (Lipinski definition) is 8. The van der Waals surface area contributed by atoms with E-state index >= 15 is 0 Å². The molecule has 0 fully saturated rings. The Labute approximate surface area is 182 Å². The van der Waals surface area contributed by atoms with E-state index in [1.807, 2.05) is 0 Å². The summed E-state index contributed by atoms with van der Waals surface area (Å²) in [5.74, 6) is -1.40. The van der Waals surface area contributed by atoms with Gasteiger partial charge >= 0.3 is 0 Å². The van der Waals surface area contributed by atoms with Crippen LogP contribution in [0.4, 0.5) is 0 Å². The molecule has 0 aliphatic carbocycles. The molecule has 0 bridgehead atoms. The Morgan fingerprint density at radius 1 is 0.312 bits per heavy atom. The average Bonchev–Trinajstić information content (AvgIpc) is 2.75. The number of aromatic hydroxyl groups is 8. The van der Waals surface area contributed by atoms with Gasteiger partial charge < -0.3 is 40.9 Å². The minimum absolute atomic E-state index is 0.117. The van der Waals surface area contributed by atoms with Crippen LogP contribution in [-0.2, 0) is 0 Å². The summed E-state index contributed by atoms with van der Waals surface area (Å²) in [6.45, 7) is 0. The van der Waals surface area contributed by atoms with E-state index in [4.69, 9.17) is 20.4 Å². The van der Waals surface area contributed by atoms with Crippen LogP contribution >= 0.6 is 0 Å². The molecule has 4 aromatic rings. The molecule has 164 valence electrons. The van der Waals surface area contributed by atoms with E-state index in [1.54, 1.807) is 24.3 Å². The number of phenolic OH excluding ortho intramolecular Hbond substituents is 8. The topological polar surface area (TPSA) is 162 Å². The van der Waals surface area contributed by atoms with Crippen LogP contribution in [0.25, 0.3) is 22.3 Å². The highest BCUT2D eigenvalue weighted by atomic mass is 16.3. The molecule has 0 atom stereocenters. The van der Waals surface area contributed by atoms with Crippen LogP contribution in [0.1, 0.15) is 0 Å². The predicted octanol–water partition coefficient (Wildman–Crippen LogP) is 4.35. The molecular weight excluding hydrogens is 416 g/mol. The quantitative estimate of drug-likeness (QED) is 0.170. The molecule has 32 heavy (non-hydrogen) atoms. The Morgan fingerprint density at radius 2 is 0.594 bits per heavy atom. The highest BCUT2D eigenvalue weighted by molar-refractivity contribution is 5.74. The standard InChI is InChI=1S/2C12H10O4/c2*13-8-3-1-7(2-4-8)9-5-11(15)12(16)6-10(9)14/h2*1-6,13-16H. The Balaban J connectivity index is 0.000000181. The summed E-state index contributed by atoms with van der Waals surface area (Å²) in [6, 6.07) is 16.9. The Bertz CT molecular complexity index is 1130. The van der Waals surface area contributed by atoms with Crippen molar-refractivity contribution in [3.63, 3.8) is 0 Å². The minimum atomic E-state index is -0.375. The number of phenols is 8. The second-order valence-electron chi connectivity index (χ2n) is 6.81.